The number of hydrazone groups is 1. The third kappa shape index (κ3) is 6.82. The molecule has 0 saturated carbocycles. The molecular weight excluding hydrogens is 324 g/mol. The lowest BCUT2D eigenvalue weighted by Gasteiger charge is -2.23. The molecule has 0 spiro atoms. The van der Waals surface area contributed by atoms with E-state index in [1.54, 1.807) is 11.1 Å². The van der Waals surface area contributed by atoms with Crippen LogP contribution in [0.3, 0.4) is 0 Å². The molecule has 1 saturated heterocycles. The lowest BCUT2D eigenvalue weighted by atomic mass is 10.2. The molecule has 1 aliphatic heterocycles. The number of benzene rings is 1. The van der Waals surface area contributed by atoms with Crippen LogP contribution in [-0.4, -0.2) is 57.3 Å². The first kappa shape index (κ1) is 18.6. The number of quaternary nitrogens is 1. The molecule has 1 aromatic rings. The summed E-state index contributed by atoms with van der Waals surface area (Å²) in [5.74, 6) is 0.818. The average molecular weight is 351 g/mol. The van der Waals surface area contributed by atoms with E-state index in [0.717, 1.165) is 57.1 Å². The molecule has 24 heavy (non-hydrogen) atoms. The Kier molecular flexibility index (Phi) is 8.51. The molecule has 1 fully saturated rings. The Bertz CT molecular complexity index is 533. The van der Waals surface area contributed by atoms with Crippen LogP contribution in [0, 0.1) is 0 Å². The molecule has 1 aromatic carbocycles. The van der Waals surface area contributed by atoms with Crippen molar-refractivity contribution in [2.24, 2.45) is 5.10 Å². The monoisotopic (exact) mass is 351 g/mol. The molecule has 0 radical (unpaired) electrons. The predicted octanol–water partition coefficient (Wildman–Crippen LogP) is 0.189. The lowest BCUT2D eigenvalue weighted by molar-refractivity contribution is -0.908. The van der Waals surface area contributed by atoms with E-state index in [2.05, 4.69) is 15.8 Å². The molecule has 0 amide bonds. The highest BCUT2D eigenvalue weighted by molar-refractivity contribution is 7.80. The summed E-state index contributed by atoms with van der Waals surface area (Å²) in [6.07, 6.45) is 2.80. The average Bonchev–Trinajstić information content (AvgIpc) is 2.61. The van der Waals surface area contributed by atoms with E-state index in [1.165, 1.54) is 0 Å². The second-order valence-corrected chi connectivity index (χ2v) is 5.97. The highest BCUT2D eigenvalue weighted by Gasteiger charge is 2.12. The molecule has 6 nitrogen and oxygen atoms in total. The van der Waals surface area contributed by atoms with Crippen LogP contribution in [0.25, 0.3) is 0 Å². The van der Waals surface area contributed by atoms with E-state index in [-0.39, 0.29) is 0 Å². The first-order valence-electron chi connectivity index (χ1n) is 8.49. The first-order chi connectivity index (χ1) is 11.8. The van der Waals surface area contributed by atoms with Gasteiger partial charge in [0.1, 0.15) is 18.8 Å². The fourth-order valence-corrected chi connectivity index (χ4v) is 2.68. The number of hydrogen-bond donors (Lipinski definition) is 3. The first-order valence-corrected chi connectivity index (χ1v) is 8.90. The Morgan fingerprint density at radius 2 is 2.17 bits per heavy atom. The Morgan fingerprint density at radius 1 is 1.38 bits per heavy atom. The molecule has 0 aromatic heterocycles. The Hall–Kier alpha value is -1.70. The van der Waals surface area contributed by atoms with Gasteiger partial charge in [-0.05, 0) is 31.3 Å². The van der Waals surface area contributed by atoms with Gasteiger partial charge in [-0.1, -0.05) is 12.1 Å². The van der Waals surface area contributed by atoms with Gasteiger partial charge in [0, 0.05) is 18.5 Å². The fraction of sp³-hybridized carbons (Fsp3) is 0.529. The Balaban J connectivity index is 1.63. The van der Waals surface area contributed by atoms with Gasteiger partial charge in [0.2, 0.25) is 0 Å². The molecule has 132 valence electrons. The maximum Gasteiger partial charge on any atom is 0.186 e. The zero-order chi connectivity index (χ0) is 17.0. The number of nitrogens with zero attached hydrogens (tertiary/aromatic N) is 1. The third-order valence-electron chi connectivity index (χ3n) is 3.78. The Labute approximate surface area is 149 Å². The number of ether oxygens (including phenoxy) is 2. The van der Waals surface area contributed by atoms with E-state index >= 15 is 0 Å². The van der Waals surface area contributed by atoms with Gasteiger partial charge in [0.15, 0.2) is 5.11 Å². The van der Waals surface area contributed by atoms with Crippen LogP contribution in [0.15, 0.2) is 29.4 Å². The van der Waals surface area contributed by atoms with Crippen LogP contribution in [0.1, 0.15) is 18.9 Å². The Morgan fingerprint density at radius 3 is 2.96 bits per heavy atom. The number of hydrogen-bond acceptors (Lipinski definition) is 4. The van der Waals surface area contributed by atoms with E-state index < -0.39 is 0 Å². The van der Waals surface area contributed by atoms with Gasteiger partial charge in [-0.2, -0.15) is 5.10 Å². The van der Waals surface area contributed by atoms with Crippen LogP contribution >= 0.6 is 12.2 Å². The van der Waals surface area contributed by atoms with Crippen LogP contribution in [-0.2, 0) is 4.74 Å². The van der Waals surface area contributed by atoms with Gasteiger partial charge >= 0.3 is 0 Å². The van der Waals surface area contributed by atoms with Crippen molar-refractivity contribution in [3.05, 3.63) is 29.8 Å². The van der Waals surface area contributed by atoms with Crippen LogP contribution in [0.4, 0.5) is 0 Å². The van der Waals surface area contributed by atoms with Gasteiger partial charge in [-0.15, -0.1) is 0 Å². The van der Waals surface area contributed by atoms with Crippen molar-refractivity contribution in [3.8, 4) is 5.75 Å². The molecule has 0 aliphatic carbocycles. The zero-order valence-electron chi connectivity index (χ0n) is 14.2. The van der Waals surface area contributed by atoms with Crippen molar-refractivity contribution in [2.45, 2.75) is 13.3 Å². The minimum atomic E-state index is 0.539. The van der Waals surface area contributed by atoms with E-state index in [0.29, 0.717) is 11.7 Å². The van der Waals surface area contributed by atoms with Crippen LogP contribution in [0.2, 0.25) is 0 Å². The molecule has 0 atom stereocenters. The zero-order valence-corrected chi connectivity index (χ0v) is 15.0. The van der Waals surface area contributed by atoms with Gasteiger partial charge < -0.3 is 19.7 Å². The number of rotatable bonds is 8. The van der Waals surface area contributed by atoms with Crippen LogP contribution < -0.4 is 20.4 Å². The van der Waals surface area contributed by atoms with Crippen molar-refractivity contribution in [2.75, 3.05) is 46.0 Å². The molecular formula is C17H27N4O2S+. The van der Waals surface area contributed by atoms with Crippen molar-refractivity contribution in [1.29, 1.82) is 0 Å². The topological polar surface area (TPSA) is 59.3 Å². The number of para-hydroxylation sites is 1. The van der Waals surface area contributed by atoms with E-state index in [9.17, 15) is 0 Å². The maximum atomic E-state index is 5.55. The quantitative estimate of drug-likeness (QED) is 0.270. The van der Waals surface area contributed by atoms with Crippen LogP contribution in [0.5, 0.6) is 5.75 Å². The molecule has 3 N–H and O–H groups in total. The molecule has 0 bridgehead atoms. The summed E-state index contributed by atoms with van der Waals surface area (Å²) in [4.78, 5) is 1.60. The maximum absolute atomic E-state index is 5.55. The van der Waals surface area contributed by atoms with Gasteiger partial charge in [-0.3, -0.25) is 5.43 Å². The number of morpholine rings is 1. The summed E-state index contributed by atoms with van der Waals surface area (Å²) in [5, 5.41) is 7.89. The highest BCUT2D eigenvalue weighted by Crippen LogP contribution is 2.15. The summed E-state index contributed by atoms with van der Waals surface area (Å²) in [5.41, 5.74) is 3.77. The standard InChI is InChI=1S/C17H26N4O2S/c1-2-23-16-7-4-3-6-15(16)14-19-20-17(24)18-8-5-9-21-10-12-22-13-11-21/h3-4,6-7,14H,2,5,8-13H2,1H3,(H2,18,20,24)/p+1/b19-14-. The summed E-state index contributed by atoms with van der Waals surface area (Å²) < 4.78 is 10.9. The number of nitrogens with one attached hydrogen (secondary N) is 3. The molecule has 0 unspecified atom stereocenters. The molecule has 2 rings (SSSR count). The fourth-order valence-electron chi connectivity index (χ4n) is 2.52. The molecule has 7 heteroatoms. The smallest absolute Gasteiger partial charge is 0.186 e. The van der Waals surface area contributed by atoms with Gasteiger partial charge in [-0.25, -0.2) is 0 Å². The van der Waals surface area contributed by atoms with Crippen molar-refractivity contribution < 1.29 is 14.4 Å². The summed E-state index contributed by atoms with van der Waals surface area (Å²) >= 11 is 5.23. The minimum Gasteiger partial charge on any atom is -0.493 e. The second-order valence-electron chi connectivity index (χ2n) is 5.56. The van der Waals surface area contributed by atoms with E-state index in [4.69, 9.17) is 21.7 Å². The SMILES string of the molecule is CCOc1ccccc1/C=N\NC(=S)NCCC[NH+]1CCOCC1. The number of thiocarbonyl (C=S) groups is 1. The third-order valence-corrected chi connectivity index (χ3v) is 4.02. The summed E-state index contributed by atoms with van der Waals surface area (Å²) in [7, 11) is 0. The largest absolute Gasteiger partial charge is 0.493 e. The summed E-state index contributed by atoms with van der Waals surface area (Å²) in [6, 6.07) is 7.78. The lowest BCUT2D eigenvalue weighted by Crippen LogP contribution is -3.14. The highest BCUT2D eigenvalue weighted by atomic mass is 32.1. The minimum absolute atomic E-state index is 0.539. The van der Waals surface area contributed by atoms with Gasteiger partial charge in [0.25, 0.3) is 0 Å². The van der Waals surface area contributed by atoms with Crippen molar-refractivity contribution >= 4 is 23.5 Å². The molecule has 1 heterocycles. The molecule has 1 aliphatic rings. The van der Waals surface area contributed by atoms with Crippen molar-refractivity contribution in [3.63, 3.8) is 0 Å². The van der Waals surface area contributed by atoms with Gasteiger partial charge in [0.05, 0.1) is 32.6 Å². The second kappa shape index (κ2) is 11.0. The summed E-state index contributed by atoms with van der Waals surface area (Å²) in [6.45, 7) is 8.54. The predicted molar refractivity (Wildman–Crippen MR) is 99.9 cm³/mol. The van der Waals surface area contributed by atoms with Crippen molar-refractivity contribution in [1.82, 2.24) is 10.7 Å². The van der Waals surface area contributed by atoms with E-state index in [1.807, 2.05) is 31.2 Å². The normalized spacial score (nSPS) is 15.4.